The van der Waals surface area contributed by atoms with Crippen LogP contribution in [0, 0.1) is 5.92 Å². The molecule has 0 radical (unpaired) electrons. The van der Waals surface area contributed by atoms with Gasteiger partial charge in [-0.15, -0.1) is 0 Å². The Morgan fingerprint density at radius 2 is 1.48 bits per heavy atom. The van der Waals surface area contributed by atoms with Gasteiger partial charge in [0.2, 0.25) is 0 Å². The van der Waals surface area contributed by atoms with Crippen LogP contribution in [0.15, 0.2) is 0 Å². The molecule has 29 heavy (non-hydrogen) atoms. The number of carboxylic acid groups (broad SMARTS) is 1. The first-order valence-corrected chi connectivity index (χ1v) is 8.99. The lowest BCUT2D eigenvalue weighted by atomic mass is 10.2. The van der Waals surface area contributed by atoms with Crippen molar-refractivity contribution in [1.29, 1.82) is 0 Å². The largest absolute Gasteiger partial charge is 0.481 e. The van der Waals surface area contributed by atoms with Crippen LogP contribution >= 0.6 is 0 Å². The molecule has 13 nitrogen and oxygen atoms in total. The zero-order chi connectivity index (χ0) is 22.6. The lowest BCUT2D eigenvalue weighted by molar-refractivity contribution is -0.137. The van der Waals surface area contributed by atoms with E-state index >= 15 is 0 Å². The van der Waals surface area contributed by atoms with E-state index in [1.54, 1.807) is 12.2 Å². The van der Waals surface area contributed by atoms with Crippen LogP contribution in [0.5, 0.6) is 0 Å². The molecule has 0 aliphatic carbocycles. The van der Waals surface area contributed by atoms with Gasteiger partial charge in [-0.05, 0) is 12.3 Å². The van der Waals surface area contributed by atoms with Gasteiger partial charge in [-0.1, -0.05) is 27.2 Å². The van der Waals surface area contributed by atoms with Crippen LogP contribution in [-0.2, 0) is 4.79 Å². The number of nitrogens with two attached hydrogens (primary N) is 1. The lowest BCUT2D eigenvalue weighted by Crippen LogP contribution is -2.56. The van der Waals surface area contributed by atoms with Gasteiger partial charge >= 0.3 is 36.1 Å². The molecule has 10 amide bonds. The van der Waals surface area contributed by atoms with Gasteiger partial charge in [-0.2, -0.15) is 0 Å². The number of amides is 10. The van der Waals surface area contributed by atoms with Crippen molar-refractivity contribution in [2.24, 2.45) is 11.7 Å². The Kier molecular flexibility index (Phi) is 11.4. The van der Waals surface area contributed by atoms with Gasteiger partial charge in [0.25, 0.3) is 0 Å². The lowest BCUT2D eigenvalue weighted by Gasteiger charge is -2.23. The van der Waals surface area contributed by atoms with E-state index in [0.29, 0.717) is 29.2 Å². The van der Waals surface area contributed by atoms with Gasteiger partial charge < -0.3 is 16.2 Å². The highest BCUT2D eigenvalue weighted by atomic mass is 16.4. The number of primary amides is 1. The van der Waals surface area contributed by atoms with Crippen molar-refractivity contribution in [1.82, 2.24) is 25.8 Å². The highest BCUT2D eigenvalue weighted by Gasteiger charge is 2.28. The minimum absolute atomic E-state index is 0.107. The molecule has 0 rings (SSSR count). The Morgan fingerprint density at radius 3 is 1.97 bits per heavy atom. The molecule has 0 aromatic rings. The van der Waals surface area contributed by atoms with Crippen molar-refractivity contribution < 1.29 is 33.9 Å². The first-order chi connectivity index (χ1) is 13.5. The predicted octanol–water partition coefficient (Wildman–Crippen LogP) is 0.849. The highest BCUT2D eigenvalue weighted by Crippen LogP contribution is 2.00. The monoisotopic (exact) mass is 416 g/mol. The summed E-state index contributed by atoms with van der Waals surface area (Å²) in [5.74, 6) is -1.15. The minimum Gasteiger partial charge on any atom is -0.481 e. The number of aliphatic carboxylic acids is 1. The average Bonchev–Trinajstić information content (AvgIpc) is 2.59. The third-order valence-corrected chi connectivity index (χ3v) is 3.39. The molecule has 0 heterocycles. The van der Waals surface area contributed by atoms with Crippen molar-refractivity contribution >= 4 is 36.1 Å². The van der Waals surface area contributed by atoms with E-state index in [0.717, 1.165) is 0 Å². The van der Waals surface area contributed by atoms with E-state index in [1.807, 2.05) is 19.2 Å². The number of carboxylic acids is 1. The summed E-state index contributed by atoms with van der Waals surface area (Å²) in [5, 5.41) is 14.9. The van der Waals surface area contributed by atoms with Gasteiger partial charge in [-0.3, -0.25) is 15.4 Å². The number of unbranched alkanes of at least 4 members (excludes halogenated alkanes) is 1. The molecule has 0 saturated carbocycles. The number of carbonyl (C=O) groups is 6. The van der Waals surface area contributed by atoms with E-state index in [-0.39, 0.29) is 12.5 Å². The molecule has 0 atom stereocenters. The highest BCUT2D eigenvalue weighted by molar-refractivity contribution is 6.07. The number of rotatable bonds is 8. The summed E-state index contributed by atoms with van der Waals surface area (Å²) in [6, 6.07) is -5.64. The third kappa shape index (κ3) is 10.5. The summed E-state index contributed by atoms with van der Waals surface area (Å²) < 4.78 is 0. The fourth-order valence-corrected chi connectivity index (χ4v) is 1.86. The SMILES string of the molecule is CCCCN(C(=O)NC(=O)NCC(C)C)C(=O)NC(=O)N(CCC(=O)O)C(N)=O. The van der Waals surface area contributed by atoms with Crippen LogP contribution in [-0.4, -0.2) is 70.7 Å². The normalized spacial score (nSPS) is 10.1. The fraction of sp³-hybridized carbons (Fsp3) is 0.625. The Hall–Kier alpha value is -3.38. The molecule has 6 N–H and O–H groups in total. The molecular formula is C16H28N6O7. The van der Waals surface area contributed by atoms with Crippen molar-refractivity contribution in [2.75, 3.05) is 19.6 Å². The van der Waals surface area contributed by atoms with E-state index in [4.69, 9.17) is 10.8 Å². The van der Waals surface area contributed by atoms with E-state index < -0.39 is 49.1 Å². The van der Waals surface area contributed by atoms with Crippen LogP contribution in [0.1, 0.15) is 40.0 Å². The van der Waals surface area contributed by atoms with E-state index in [2.05, 4.69) is 5.32 Å². The van der Waals surface area contributed by atoms with Crippen LogP contribution < -0.4 is 21.7 Å². The van der Waals surface area contributed by atoms with Gasteiger partial charge in [-0.25, -0.2) is 33.8 Å². The Bertz CT molecular complexity index is 637. The van der Waals surface area contributed by atoms with Crippen molar-refractivity contribution in [3.8, 4) is 0 Å². The molecule has 0 saturated heterocycles. The second-order valence-corrected chi connectivity index (χ2v) is 6.41. The van der Waals surface area contributed by atoms with Crippen LogP contribution in [0.3, 0.4) is 0 Å². The molecule has 0 aromatic carbocycles. The van der Waals surface area contributed by atoms with Gasteiger partial charge in [0.1, 0.15) is 0 Å². The summed E-state index contributed by atoms with van der Waals surface area (Å²) >= 11 is 0. The molecular weight excluding hydrogens is 388 g/mol. The standard InChI is InChI=1S/C16H28N6O7/c1-4-5-7-22(14(27)19-13(26)18-9-10(2)3)16(29)20-15(28)21(12(17)25)8-6-11(23)24/h10H,4-9H2,1-3H3,(H2,17,25)(H,23,24)(H,20,28,29)(H2,18,19,26,27). The average molecular weight is 416 g/mol. The number of hydrogen-bond acceptors (Lipinski definition) is 6. The summed E-state index contributed by atoms with van der Waals surface area (Å²) in [5.41, 5.74) is 5.02. The molecule has 0 aromatic heterocycles. The summed E-state index contributed by atoms with van der Waals surface area (Å²) in [4.78, 5) is 71.2. The first kappa shape index (κ1) is 25.6. The first-order valence-electron chi connectivity index (χ1n) is 8.99. The maximum Gasteiger partial charge on any atom is 0.333 e. The van der Waals surface area contributed by atoms with Crippen molar-refractivity contribution in [2.45, 2.75) is 40.0 Å². The second-order valence-electron chi connectivity index (χ2n) is 6.41. The van der Waals surface area contributed by atoms with E-state index in [9.17, 15) is 28.8 Å². The molecule has 0 aliphatic rings. The zero-order valence-corrected chi connectivity index (χ0v) is 16.7. The maximum absolute atomic E-state index is 12.3. The van der Waals surface area contributed by atoms with Gasteiger partial charge in [0, 0.05) is 19.6 Å². The number of nitrogens with one attached hydrogen (secondary N) is 3. The quantitative estimate of drug-likeness (QED) is 0.387. The third-order valence-electron chi connectivity index (χ3n) is 3.39. The molecule has 164 valence electrons. The molecule has 13 heteroatoms. The number of hydrogen-bond donors (Lipinski definition) is 5. The van der Waals surface area contributed by atoms with Gasteiger partial charge in [0.05, 0.1) is 6.42 Å². The Morgan fingerprint density at radius 1 is 0.931 bits per heavy atom. The number of nitrogens with zero attached hydrogens (tertiary/aromatic N) is 2. The van der Waals surface area contributed by atoms with Crippen LogP contribution in [0.2, 0.25) is 0 Å². The second kappa shape index (κ2) is 12.9. The molecule has 0 unspecified atom stereocenters. The smallest absolute Gasteiger partial charge is 0.333 e. The number of carbonyl (C=O) groups excluding carboxylic acids is 5. The predicted molar refractivity (Wildman–Crippen MR) is 101 cm³/mol. The Labute approximate surface area is 167 Å². The zero-order valence-electron chi connectivity index (χ0n) is 16.7. The number of imide groups is 4. The summed E-state index contributed by atoms with van der Waals surface area (Å²) in [6.45, 7) is 5.13. The van der Waals surface area contributed by atoms with Crippen LogP contribution in [0.25, 0.3) is 0 Å². The maximum atomic E-state index is 12.3. The van der Waals surface area contributed by atoms with Crippen molar-refractivity contribution in [3.05, 3.63) is 0 Å². The summed E-state index contributed by atoms with van der Waals surface area (Å²) in [7, 11) is 0. The van der Waals surface area contributed by atoms with Gasteiger partial charge in [0.15, 0.2) is 0 Å². The Balaban J connectivity index is 5.10. The van der Waals surface area contributed by atoms with Crippen molar-refractivity contribution in [3.63, 3.8) is 0 Å². The minimum atomic E-state index is -1.29. The molecule has 0 fully saturated rings. The fourth-order valence-electron chi connectivity index (χ4n) is 1.86. The summed E-state index contributed by atoms with van der Waals surface area (Å²) in [6.07, 6.45) is 0.415. The molecule has 0 bridgehead atoms. The number of urea groups is 5. The molecule has 0 aliphatic heterocycles. The topological polar surface area (TPSA) is 191 Å². The van der Waals surface area contributed by atoms with E-state index in [1.165, 1.54) is 0 Å². The molecule has 0 spiro atoms. The van der Waals surface area contributed by atoms with Crippen LogP contribution in [0.4, 0.5) is 24.0 Å².